The number of hydrogen-bond acceptors (Lipinski definition) is 4. The molecule has 0 aromatic heterocycles. The highest BCUT2D eigenvalue weighted by molar-refractivity contribution is 5.80. The van der Waals surface area contributed by atoms with Gasteiger partial charge in [0.25, 0.3) is 0 Å². The highest BCUT2D eigenvalue weighted by atomic mass is 16.5. The lowest BCUT2D eigenvalue weighted by atomic mass is 10.2. The molecule has 0 unspecified atom stereocenters. The summed E-state index contributed by atoms with van der Waals surface area (Å²) >= 11 is 0. The molecule has 0 saturated carbocycles. The number of benzene rings is 2. The highest BCUT2D eigenvalue weighted by Gasteiger charge is 1.94. The van der Waals surface area contributed by atoms with Gasteiger partial charge in [-0.25, -0.2) is 0 Å². The quantitative estimate of drug-likeness (QED) is 0.666. The zero-order chi connectivity index (χ0) is 14.2. The third-order valence-electron chi connectivity index (χ3n) is 2.73. The fourth-order valence-electron chi connectivity index (χ4n) is 1.64. The van der Waals surface area contributed by atoms with Crippen LogP contribution in [0.3, 0.4) is 0 Å². The summed E-state index contributed by atoms with van der Waals surface area (Å²) in [5.41, 5.74) is 6.09. The average Bonchev–Trinajstić information content (AvgIpc) is 2.48. The minimum absolute atomic E-state index is 0.0578. The van der Waals surface area contributed by atoms with Gasteiger partial charge in [0.2, 0.25) is 0 Å². The first kappa shape index (κ1) is 13.6. The van der Waals surface area contributed by atoms with Gasteiger partial charge in [0.1, 0.15) is 11.8 Å². The summed E-state index contributed by atoms with van der Waals surface area (Å²) in [6.07, 6.45) is 1.74. The van der Waals surface area contributed by atoms with Crippen molar-refractivity contribution < 1.29 is 4.74 Å². The molecule has 0 bridgehead atoms. The Kier molecular flexibility index (Phi) is 4.74. The van der Waals surface area contributed by atoms with E-state index in [1.54, 1.807) is 6.21 Å². The molecule has 0 atom stereocenters. The molecule has 0 aliphatic carbocycles. The summed E-state index contributed by atoms with van der Waals surface area (Å²) in [4.78, 5) is 0. The molecule has 2 aromatic rings. The van der Waals surface area contributed by atoms with Crippen molar-refractivity contribution in [3.8, 4) is 11.8 Å². The summed E-state index contributed by atoms with van der Waals surface area (Å²) in [6.45, 7) is 2.08. The minimum Gasteiger partial charge on any atom is -0.479 e. The van der Waals surface area contributed by atoms with Gasteiger partial charge in [-0.1, -0.05) is 18.2 Å². The number of para-hydroxylation sites is 1. The number of aryl methyl sites for hydroxylation is 1. The third-order valence-corrected chi connectivity index (χ3v) is 2.73. The van der Waals surface area contributed by atoms with Crippen LogP contribution in [0.5, 0.6) is 5.75 Å². The molecule has 0 aliphatic rings. The van der Waals surface area contributed by atoms with Crippen molar-refractivity contribution in [2.45, 2.75) is 6.92 Å². The zero-order valence-electron chi connectivity index (χ0n) is 11.2. The van der Waals surface area contributed by atoms with Gasteiger partial charge in [0, 0.05) is 0 Å². The van der Waals surface area contributed by atoms with Crippen LogP contribution in [0.1, 0.15) is 11.1 Å². The highest BCUT2D eigenvalue weighted by Crippen LogP contribution is 2.13. The van der Waals surface area contributed by atoms with Crippen LogP contribution in [0.25, 0.3) is 0 Å². The standard InChI is InChI=1S/C16H15N3O/c1-13-4-2-3-5-16(13)19-18-12-14-6-8-15(9-7-14)20-11-10-17/h2-9,12,19H,11H2,1H3/b18-12-. The lowest BCUT2D eigenvalue weighted by molar-refractivity contribution is 0.368. The van der Waals surface area contributed by atoms with Gasteiger partial charge in [0.15, 0.2) is 6.61 Å². The largest absolute Gasteiger partial charge is 0.479 e. The average molecular weight is 265 g/mol. The van der Waals surface area contributed by atoms with Crippen molar-refractivity contribution in [1.29, 1.82) is 5.26 Å². The molecule has 0 heterocycles. The molecule has 4 heteroatoms. The molecule has 1 N–H and O–H groups in total. The topological polar surface area (TPSA) is 57.4 Å². The first-order chi connectivity index (χ1) is 9.79. The predicted octanol–water partition coefficient (Wildman–Crippen LogP) is 3.34. The van der Waals surface area contributed by atoms with Crippen LogP contribution < -0.4 is 10.2 Å². The fraction of sp³-hybridized carbons (Fsp3) is 0.125. The van der Waals surface area contributed by atoms with E-state index in [2.05, 4.69) is 10.5 Å². The second-order valence-electron chi connectivity index (χ2n) is 4.20. The number of hydrogen-bond donors (Lipinski definition) is 1. The first-order valence-corrected chi connectivity index (χ1v) is 6.24. The van der Waals surface area contributed by atoms with Crippen LogP contribution in [-0.2, 0) is 0 Å². The van der Waals surface area contributed by atoms with Crippen molar-refractivity contribution in [3.63, 3.8) is 0 Å². The monoisotopic (exact) mass is 265 g/mol. The molecular weight excluding hydrogens is 250 g/mol. The normalized spacial score (nSPS) is 10.2. The molecule has 100 valence electrons. The molecule has 2 rings (SSSR count). The Morgan fingerprint density at radius 3 is 2.65 bits per heavy atom. The van der Waals surface area contributed by atoms with E-state index in [-0.39, 0.29) is 6.61 Å². The van der Waals surface area contributed by atoms with E-state index < -0.39 is 0 Å². The molecule has 4 nitrogen and oxygen atoms in total. The Labute approximate surface area is 118 Å². The predicted molar refractivity (Wildman–Crippen MR) is 79.9 cm³/mol. The maximum absolute atomic E-state index is 8.42. The van der Waals surface area contributed by atoms with Crippen LogP contribution in [-0.4, -0.2) is 12.8 Å². The number of nitriles is 1. The number of nitrogens with zero attached hydrogens (tertiary/aromatic N) is 2. The molecule has 0 spiro atoms. The Hall–Kier alpha value is -2.80. The molecular formula is C16H15N3O. The number of hydrazone groups is 1. The van der Waals surface area contributed by atoms with Gasteiger partial charge in [-0.05, 0) is 48.4 Å². The number of rotatable bonds is 5. The Morgan fingerprint density at radius 1 is 1.20 bits per heavy atom. The lowest BCUT2D eigenvalue weighted by Crippen LogP contribution is -1.94. The number of ether oxygens (including phenoxy) is 1. The van der Waals surface area contributed by atoms with E-state index in [0.29, 0.717) is 5.75 Å². The van der Waals surface area contributed by atoms with E-state index in [0.717, 1.165) is 16.8 Å². The Balaban J connectivity index is 1.95. The molecule has 0 saturated heterocycles. The molecule has 0 amide bonds. The first-order valence-electron chi connectivity index (χ1n) is 6.24. The van der Waals surface area contributed by atoms with Crippen LogP contribution in [0.2, 0.25) is 0 Å². The third kappa shape index (κ3) is 3.85. The van der Waals surface area contributed by atoms with Crippen LogP contribution in [0.4, 0.5) is 5.69 Å². The van der Waals surface area contributed by atoms with E-state index in [9.17, 15) is 0 Å². The fourth-order valence-corrected chi connectivity index (χ4v) is 1.64. The molecule has 0 radical (unpaired) electrons. The van der Waals surface area contributed by atoms with E-state index in [4.69, 9.17) is 10.00 Å². The summed E-state index contributed by atoms with van der Waals surface area (Å²) in [5.74, 6) is 0.676. The van der Waals surface area contributed by atoms with Crippen LogP contribution >= 0.6 is 0 Å². The SMILES string of the molecule is Cc1ccccc1N/N=C\c1ccc(OCC#N)cc1. The van der Waals surface area contributed by atoms with Crippen LogP contribution in [0, 0.1) is 18.3 Å². The van der Waals surface area contributed by atoms with Gasteiger partial charge in [-0.3, -0.25) is 5.43 Å². The second kappa shape index (κ2) is 6.95. The maximum atomic E-state index is 8.42. The van der Waals surface area contributed by atoms with Gasteiger partial charge in [0.05, 0.1) is 11.9 Å². The molecule has 0 aliphatic heterocycles. The van der Waals surface area contributed by atoms with Crippen molar-refractivity contribution in [2.24, 2.45) is 5.10 Å². The second-order valence-corrected chi connectivity index (χ2v) is 4.20. The summed E-state index contributed by atoms with van der Waals surface area (Å²) in [5, 5.41) is 12.6. The number of anilines is 1. The summed E-state index contributed by atoms with van der Waals surface area (Å²) < 4.78 is 5.18. The minimum atomic E-state index is 0.0578. The zero-order valence-corrected chi connectivity index (χ0v) is 11.2. The van der Waals surface area contributed by atoms with Gasteiger partial charge < -0.3 is 4.74 Å². The lowest BCUT2D eigenvalue weighted by Gasteiger charge is -2.04. The van der Waals surface area contributed by atoms with Crippen molar-refractivity contribution in [3.05, 3.63) is 59.7 Å². The van der Waals surface area contributed by atoms with Crippen molar-refractivity contribution in [2.75, 3.05) is 12.0 Å². The van der Waals surface area contributed by atoms with Crippen molar-refractivity contribution >= 4 is 11.9 Å². The van der Waals surface area contributed by atoms with E-state index in [1.165, 1.54) is 0 Å². The Bertz CT molecular complexity index is 627. The molecule has 2 aromatic carbocycles. The molecule has 0 fully saturated rings. The van der Waals surface area contributed by atoms with Crippen LogP contribution in [0.15, 0.2) is 53.6 Å². The summed E-state index contributed by atoms with van der Waals surface area (Å²) in [6, 6.07) is 17.3. The summed E-state index contributed by atoms with van der Waals surface area (Å²) in [7, 11) is 0. The van der Waals surface area contributed by atoms with Gasteiger partial charge in [-0.2, -0.15) is 10.4 Å². The molecule has 20 heavy (non-hydrogen) atoms. The van der Waals surface area contributed by atoms with E-state index in [1.807, 2.05) is 61.5 Å². The van der Waals surface area contributed by atoms with Gasteiger partial charge >= 0.3 is 0 Å². The Morgan fingerprint density at radius 2 is 1.95 bits per heavy atom. The maximum Gasteiger partial charge on any atom is 0.174 e. The van der Waals surface area contributed by atoms with E-state index >= 15 is 0 Å². The smallest absolute Gasteiger partial charge is 0.174 e. The van der Waals surface area contributed by atoms with Crippen molar-refractivity contribution in [1.82, 2.24) is 0 Å². The number of nitrogens with one attached hydrogen (secondary N) is 1. The van der Waals surface area contributed by atoms with Gasteiger partial charge in [-0.15, -0.1) is 0 Å².